The second kappa shape index (κ2) is 10.8. The van der Waals surface area contributed by atoms with E-state index in [4.69, 9.17) is 27.0 Å². The summed E-state index contributed by atoms with van der Waals surface area (Å²) in [7, 11) is 0. The first-order valence-corrected chi connectivity index (χ1v) is 10.2. The predicted molar refractivity (Wildman–Crippen MR) is 87.4 cm³/mol. The van der Waals surface area contributed by atoms with E-state index in [9.17, 15) is 0 Å². The quantitative estimate of drug-likeness (QED) is 0.331. The van der Waals surface area contributed by atoms with Gasteiger partial charge in [-0.1, -0.05) is 57.6 Å². The first kappa shape index (κ1) is 17.1. The molecule has 0 saturated heterocycles. The van der Waals surface area contributed by atoms with Crippen LogP contribution in [0.15, 0.2) is 24.3 Å². The van der Waals surface area contributed by atoms with Crippen LogP contribution >= 0.6 is 29.3 Å². The van der Waals surface area contributed by atoms with Gasteiger partial charge in [0.25, 0.3) is 6.85 Å². The standard InChI is InChI=1S/C15H23Cl2OP/c1-2-3-4-5-6-7-8-9-14-10-12-15(13-11-14)18-19(16)17/h10-13H,2-9H2,1H3. The Morgan fingerprint density at radius 1 is 0.895 bits per heavy atom. The van der Waals surface area contributed by atoms with Crippen LogP contribution in [-0.2, 0) is 6.42 Å². The summed E-state index contributed by atoms with van der Waals surface area (Å²) >= 11 is 11.2. The van der Waals surface area contributed by atoms with E-state index in [2.05, 4.69) is 19.1 Å². The minimum atomic E-state index is -1.36. The monoisotopic (exact) mass is 320 g/mol. The van der Waals surface area contributed by atoms with Gasteiger partial charge >= 0.3 is 0 Å². The van der Waals surface area contributed by atoms with Gasteiger partial charge in [-0.05, 0) is 53.0 Å². The van der Waals surface area contributed by atoms with E-state index >= 15 is 0 Å². The van der Waals surface area contributed by atoms with Crippen LogP contribution in [0.4, 0.5) is 0 Å². The van der Waals surface area contributed by atoms with Crippen LogP contribution in [0.2, 0.25) is 0 Å². The first-order chi connectivity index (χ1) is 9.22. The van der Waals surface area contributed by atoms with Gasteiger partial charge in [-0.2, -0.15) is 0 Å². The van der Waals surface area contributed by atoms with Gasteiger partial charge in [0.2, 0.25) is 0 Å². The summed E-state index contributed by atoms with van der Waals surface area (Å²) in [5.74, 6) is 0.749. The molecule has 0 aromatic heterocycles. The van der Waals surface area contributed by atoms with Crippen molar-refractivity contribution in [3.05, 3.63) is 29.8 Å². The largest absolute Gasteiger partial charge is 0.445 e. The number of hydrogen-bond donors (Lipinski definition) is 0. The van der Waals surface area contributed by atoms with E-state index in [-0.39, 0.29) is 0 Å². The summed E-state index contributed by atoms with van der Waals surface area (Å²) in [6, 6.07) is 8.07. The van der Waals surface area contributed by atoms with Crippen molar-refractivity contribution in [3.63, 3.8) is 0 Å². The second-order valence-electron chi connectivity index (χ2n) is 4.81. The number of rotatable bonds is 10. The lowest BCUT2D eigenvalue weighted by Crippen LogP contribution is -1.87. The highest BCUT2D eigenvalue weighted by molar-refractivity contribution is 8.00. The van der Waals surface area contributed by atoms with Crippen LogP contribution in [0.25, 0.3) is 0 Å². The molecule has 0 bridgehead atoms. The fraction of sp³-hybridized carbons (Fsp3) is 0.600. The van der Waals surface area contributed by atoms with Gasteiger partial charge in [0.15, 0.2) is 0 Å². The van der Waals surface area contributed by atoms with Crippen LogP contribution in [0.3, 0.4) is 0 Å². The molecule has 4 heteroatoms. The molecule has 0 aliphatic heterocycles. The van der Waals surface area contributed by atoms with Gasteiger partial charge in [-0.15, -0.1) is 0 Å². The topological polar surface area (TPSA) is 9.23 Å². The van der Waals surface area contributed by atoms with E-state index in [1.165, 1.54) is 50.5 Å². The van der Waals surface area contributed by atoms with Crippen molar-refractivity contribution in [1.82, 2.24) is 0 Å². The highest BCUT2D eigenvalue weighted by Gasteiger charge is 2.02. The van der Waals surface area contributed by atoms with Gasteiger partial charge in [-0.25, -0.2) is 0 Å². The molecule has 0 fully saturated rings. The molecule has 1 aromatic carbocycles. The lowest BCUT2D eigenvalue weighted by Gasteiger charge is -2.06. The molecular weight excluding hydrogens is 298 g/mol. The fourth-order valence-corrected chi connectivity index (χ4v) is 2.84. The Balaban J connectivity index is 2.12. The van der Waals surface area contributed by atoms with Gasteiger partial charge in [0, 0.05) is 0 Å². The van der Waals surface area contributed by atoms with Crippen molar-refractivity contribution in [2.45, 2.75) is 58.3 Å². The molecule has 0 radical (unpaired) electrons. The zero-order valence-electron chi connectivity index (χ0n) is 11.6. The zero-order chi connectivity index (χ0) is 13.9. The van der Waals surface area contributed by atoms with Gasteiger partial charge in [0.05, 0.1) is 0 Å². The Bertz CT molecular complexity index is 327. The maximum Gasteiger partial charge on any atom is 0.284 e. The van der Waals surface area contributed by atoms with Crippen molar-refractivity contribution in [3.8, 4) is 5.75 Å². The van der Waals surface area contributed by atoms with Crippen molar-refractivity contribution >= 4 is 29.3 Å². The van der Waals surface area contributed by atoms with E-state index in [0.29, 0.717) is 0 Å². The molecule has 19 heavy (non-hydrogen) atoms. The molecule has 0 saturated carbocycles. The average molecular weight is 321 g/mol. The van der Waals surface area contributed by atoms with Crippen LogP contribution in [0.5, 0.6) is 5.75 Å². The highest BCUT2D eigenvalue weighted by atomic mass is 35.9. The number of halogens is 2. The minimum absolute atomic E-state index is 0.749. The Kier molecular flexibility index (Phi) is 9.69. The lowest BCUT2D eigenvalue weighted by molar-refractivity contribution is 0.589. The first-order valence-electron chi connectivity index (χ1n) is 7.11. The zero-order valence-corrected chi connectivity index (χ0v) is 14.0. The average Bonchev–Trinajstić information content (AvgIpc) is 2.39. The van der Waals surface area contributed by atoms with Crippen molar-refractivity contribution < 1.29 is 4.52 Å². The molecule has 1 aromatic rings. The molecule has 0 aliphatic rings. The summed E-state index contributed by atoms with van der Waals surface area (Å²) in [6.07, 6.45) is 10.6. The third-order valence-corrected chi connectivity index (χ3v) is 3.93. The summed E-state index contributed by atoms with van der Waals surface area (Å²) in [4.78, 5) is 0. The third-order valence-electron chi connectivity index (χ3n) is 3.17. The molecule has 0 heterocycles. The predicted octanol–water partition coefficient (Wildman–Crippen LogP) is 7.06. The number of unbranched alkanes of at least 4 members (excludes halogenated alkanes) is 6. The third kappa shape index (κ3) is 8.74. The molecule has 0 aliphatic carbocycles. The number of aryl methyl sites for hydroxylation is 1. The van der Waals surface area contributed by atoms with Crippen LogP contribution in [-0.4, -0.2) is 0 Å². The molecular formula is C15H23Cl2OP. The van der Waals surface area contributed by atoms with E-state index in [1.54, 1.807) is 0 Å². The summed E-state index contributed by atoms with van der Waals surface area (Å²) in [5, 5.41) is 0. The maximum absolute atomic E-state index is 5.61. The van der Waals surface area contributed by atoms with E-state index < -0.39 is 6.85 Å². The molecule has 1 nitrogen and oxygen atoms in total. The van der Waals surface area contributed by atoms with Gasteiger partial charge in [0.1, 0.15) is 5.75 Å². The Morgan fingerprint density at radius 3 is 2.05 bits per heavy atom. The van der Waals surface area contributed by atoms with Crippen LogP contribution in [0.1, 0.15) is 57.4 Å². The molecule has 0 unspecified atom stereocenters. The smallest absolute Gasteiger partial charge is 0.284 e. The highest BCUT2D eigenvalue weighted by Crippen LogP contribution is 2.47. The van der Waals surface area contributed by atoms with Gasteiger partial charge < -0.3 is 4.52 Å². The summed E-state index contributed by atoms with van der Waals surface area (Å²) in [6.45, 7) is 0.892. The Morgan fingerprint density at radius 2 is 1.47 bits per heavy atom. The Hall–Kier alpha value is 0.0300. The van der Waals surface area contributed by atoms with Crippen molar-refractivity contribution in [2.75, 3.05) is 0 Å². The normalized spacial score (nSPS) is 10.9. The Labute approximate surface area is 128 Å². The van der Waals surface area contributed by atoms with Crippen LogP contribution in [0, 0.1) is 0 Å². The molecule has 1 rings (SSSR count). The molecule has 0 spiro atoms. The van der Waals surface area contributed by atoms with Gasteiger partial charge in [-0.3, -0.25) is 0 Å². The summed E-state index contributed by atoms with van der Waals surface area (Å²) < 4.78 is 5.25. The van der Waals surface area contributed by atoms with Crippen molar-refractivity contribution in [2.24, 2.45) is 0 Å². The summed E-state index contributed by atoms with van der Waals surface area (Å²) in [5.41, 5.74) is 1.36. The molecule has 0 N–H and O–H groups in total. The van der Waals surface area contributed by atoms with Crippen LogP contribution < -0.4 is 4.52 Å². The lowest BCUT2D eigenvalue weighted by atomic mass is 10.0. The van der Waals surface area contributed by atoms with E-state index in [1.807, 2.05) is 12.1 Å². The molecule has 0 atom stereocenters. The van der Waals surface area contributed by atoms with Crippen molar-refractivity contribution in [1.29, 1.82) is 0 Å². The number of benzene rings is 1. The molecule has 0 amide bonds. The fourth-order valence-electron chi connectivity index (χ4n) is 2.08. The second-order valence-corrected chi connectivity index (χ2v) is 7.76. The number of hydrogen-bond acceptors (Lipinski definition) is 1. The van der Waals surface area contributed by atoms with E-state index in [0.717, 1.165) is 12.2 Å². The maximum atomic E-state index is 5.61. The molecule has 108 valence electrons. The SMILES string of the molecule is CCCCCCCCCc1ccc(OP(Cl)Cl)cc1. The minimum Gasteiger partial charge on any atom is -0.445 e.